The van der Waals surface area contributed by atoms with Gasteiger partial charge in [-0.2, -0.15) is 0 Å². The van der Waals surface area contributed by atoms with Gasteiger partial charge in [-0.05, 0) is 118 Å². The molecule has 489 valence electrons. The number of halogens is 1. The highest BCUT2D eigenvalue weighted by Crippen LogP contribution is 2.51. The number of aromatic nitrogens is 6. The summed E-state index contributed by atoms with van der Waals surface area (Å²) < 4.78 is 0.959. The molecular formula is C92H69BBrN6O2. The topological polar surface area (TPSA) is 129 Å². The van der Waals surface area contributed by atoms with Crippen LogP contribution in [0.4, 0.5) is 0 Å². The fourth-order valence-corrected chi connectivity index (χ4v) is 15.0. The Morgan fingerprint density at radius 1 is 0.265 bits per heavy atom. The molecule has 16 aromatic rings. The smallest absolute Gasteiger partial charge is 0.326 e. The SMILES string of the molecule is Brc1ccc2ccccc2c1-c1nc(-c2ccccc2)nc(-c2ccccc2)n1.CC1(C)c2ccccc2-c2ccc(-c3ccc(-c4ccc5ccccc5c4-c4nc(-c5ccccc5)nc(-c5ccccc5)n4)cc3)cc21.CC1(C)c2ccccc2-c2ccc(-c3ccc([B]O)cc3)cc21.O. The van der Waals surface area contributed by atoms with Gasteiger partial charge in [0.2, 0.25) is 0 Å². The first-order valence-electron chi connectivity index (χ1n) is 34.1. The van der Waals surface area contributed by atoms with Gasteiger partial charge >= 0.3 is 7.48 Å². The molecule has 0 aliphatic heterocycles. The van der Waals surface area contributed by atoms with E-state index in [9.17, 15) is 0 Å². The van der Waals surface area contributed by atoms with Crippen molar-refractivity contribution in [3.63, 3.8) is 0 Å². The third-order valence-electron chi connectivity index (χ3n) is 19.7. The summed E-state index contributed by atoms with van der Waals surface area (Å²) in [5.74, 6) is 3.94. The number of hydrogen-bond acceptors (Lipinski definition) is 7. The van der Waals surface area contributed by atoms with E-state index in [0.717, 1.165) is 83.5 Å². The summed E-state index contributed by atoms with van der Waals surface area (Å²) in [5, 5.41) is 13.6. The normalized spacial score (nSPS) is 12.5. The minimum atomic E-state index is -0.0381. The van der Waals surface area contributed by atoms with E-state index >= 15 is 0 Å². The number of nitrogens with zero attached hydrogens (tertiary/aromatic N) is 6. The average Bonchev–Trinajstić information content (AvgIpc) is 1.56. The molecule has 2 aromatic heterocycles. The van der Waals surface area contributed by atoms with Crippen LogP contribution in [0.1, 0.15) is 49.9 Å². The molecule has 10 heteroatoms. The highest BCUT2D eigenvalue weighted by Gasteiger charge is 2.37. The summed E-state index contributed by atoms with van der Waals surface area (Å²) in [7, 11) is 1.13. The molecule has 8 nitrogen and oxygen atoms in total. The molecule has 0 spiro atoms. The molecule has 0 saturated carbocycles. The molecule has 102 heavy (non-hydrogen) atoms. The maximum Gasteiger partial charge on any atom is 0.326 e. The second-order valence-electron chi connectivity index (χ2n) is 26.6. The quantitative estimate of drug-likeness (QED) is 0.135. The molecule has 0 atom stereocenters. The predicted molar refractivity (Wildman–Crippen MR) is 424 cm³/mol. The van der Waals surface area contributed by atoms with Crippen molar-refractivity contribution in [1.29, 1.82) is 0 Å². The first-order chi connectivity index (χ1) is 49.4. The Labute approximate surface area is 603 Å². The average molecular weight is 1380 g/mol. The predicted octanol–water partition coefficient (Wildman–Crippen LogP) is 21.5. The van der Waals surface area contributed by atoms with Gasteiger partial charge in [-0.1, -0.05) is 358 Å². The minimum Gasteiger partial charge on any atom is -0.450 e. The Hall–Kier alpha value is -11.9. The van der Waals surface area contributed by atoms with Crippen molar-refractivity contribution in [3.8, 4) is 124 Å². The third kappa shape index (κ3) is 12.6. The molecule has 18 rings (SSSR count). The zero-order chi connectivity index (χ0) is 68.6. The van der Waals surface area contributed by atoms with E-state index in [1.54, 1.807) is 0 Å². The molecule has 2 heterocycles. The van der Waals surface area contributed by atoms with Crippen LogP contribution in [0.15, 0.2) is 332 Å². The van der Waals surface area contributed by atoms with E-state index in [-0.39, 0.29) is 16.3 Å². The van der Waals surface area contributed by atoms with Crippen LogP contribution in [0.5, 0.6) is 0 Å². The second-order valence-corrected chi connectivity index (χ2v) is 27.5. The lowest BCUT2D eigenvalue weighted by Gasteiger charge is -2.22. The standard InChI is InChI=1S/C46H33N3.C25H16BrN3.C21H18BO.H2O/c1-46(2)40-20-12-11-19-38(40)39-28-26-35(29-41(39)46)30-21-23-32(24-22-30)37-27-25-31-13-9-10-18-36(31)42(37)45-48-43(33-14-5-3-6-15-33)47-44(49-45)34-16-7-4-8-17-34;26-21-16-15-17-9-7-8-14-20(17)22(21)25-28-23(18-10-3-1-4-11-18)27-24(29-25)19-12-5-2-6-13-19;1-21(2)19-6-4-3-5-17(19)18-12-9-15(13-20(18)21)14-7-10-16(22-23)11-8-14;/h3-29H,1-2H3;1-16H;3-13,23H,1-2H3;1H2. The van der Waals surface area contributed by atoms with Gasteiger partial charge in [-0.25, -0.2) is 29.9 Å². The second kappa shape index (κ2) is 28.0. The molecule has 0 unspecified atom stereocenters. The Morgan fingerprint density at radius 2 is 0.578 bits per heavy atom. The number of benzene rings is 14. The van der Waals surface area contributed by atoms with Crippen molar-refractivity contribution < 1.29 is 10.5 Å². The van der Waals surface area contributed by atoms with E-state index in [2.05, 4.69) is 244 Å². The highest BCUT2D eigenvalue weighted by atomic mass is 79.9. The first-order valence-corrected chi connectivity index (χ1v) is 34.9. The van der Waals surface area contributed by atoms with Crippen molar-refractivity contribution in [3.05, 3.63) is 354 Å². The number of rotatable bonds is 10. The van der Waals surface area contributed by atoms with Gasteiger partial charge in [-0.15, -0.1) is 0 Å². The van der Waals surface area contributed by atoms with Gasteiger partial charge in [0.05, 0.1) is 0 Å². The molecule has 3 N–H and O–H groups in total. The lowest BCUT2D eigenvalue weighted by Crippen LogP contribution is -2.15. The van der Waals surface area contributed by atoms with Crippen LogP contribution in [0, 0.1) is 0 Å². The minimum absolute atomic E-state index is 0. The maximum absolute atomic E-state index is 9.07. The van der Waals surface area contributed by atoms with Gasteiger partial charge in [0.1, 0.15) is 0 Å². The molecule has 1 radical (unpaired) electrons. The Morgan fingerprint density at radius 3 is 1.01 bits per heavy atom. The van der Waals surface area contributed by atoms with Gasteiger partial charge in [0.25, 0.3) is 0 Å². The number of hydrogen-bond donors (Lipinski definition) is 1. The van der Waals surface area contributed by atoms with Crippen molar-refractivity contribution in [2.24, 2.45) is 0 Å². The van der Waals surface area contributed by atoms with E-state index in [1.807, 2.05) is 127 Å². The lowest BCUT2D eigenvalue weighted by molar-refractivity contribution is 0.615. The van der Waals surface area contributed by atoms with E-state index in [4.69, 9.17) is 34.9 Å². The molecule has 2 aliphatic rings. The van der Waals surface area contributed by atoms with Crippen molar-refractivity contribution >= 4 is 50.4 Å². The summed E-state index contributed by atoms with van der Waals surface area (Å²) in [5.41, 5.74) is 24.6. The van der Waals surface area contributed by atoms with E-state index < -0.39 is 0 Å². The highest BCUT2D eigenvalue weighted by molar-refractivity contribution is 9.10. The zero-order valence-corrected chi connectivity index (χ0v) is 58.3. The molecule has 0 amide bonds. The van der Waals surface area contributed by atoms with Crippen LogP contribution in [0.25, 0.3) is 146 Å². The zero-order valence-electron chi connectivity index (χ0n) is 56.8. The molecule has 2 aliphatic carbocycles. The van der Waals surface area contributed by atoms with Gasteiger partial charge in [-0.3, -0.25) is 0 Å². The van der Waals surface area contributed by atoms with Crippen LogP contribution in [-0.2, 0) is 10.8 Å². The van der Waals surface area contributed by atoms with Crippen molar-refractivity contribution in [2.45, 2.75) is 38.5 Å². The fraction of sp³-hybridized carbons (Fsp3) is 0.0652. The fourth-order valence-electron chi connectivity index (χ4n) is 14.4. The van der Waals surface area contributed by atoms with Crippen molar-refractivity contribution in [2.75, 3.05) is 0 Å². The summed E-state index contributed by atoms with van der Waals surface area (Å²) >= 11 is 3.72. The van der Waals surface area contributed by atoms with Crippen LogP contribution in [-0.4, -0.2) is 47.9 Å². The van der Waals surface area contributed by atoms with Gasteiger partial charge in [0.15, 0.2) is 34.9 Å². The van der Waals surface area contributed by atoms with Gasteiger partial charge in [0, 0.05) is 48.7 Å². The first kappa shape index (κ1) is 66.0. The van der Waals surface area contributed by atoms with Crippen LogP contribution < -0.4 is 5.46 Å². The monoisotopic (exact) mass is 1380 g/mol. The van der Waals surface area contributed by atoms with Crippen LogP contribution in [0.3, 0.4) is 0 Å². The molecular weight excluding hydrogens is 1310 g/mol. The van der Waals surface area contributed by atoms with E-state index in [1.165, 1.54) is 66.8 Å². The molecule has 0 fully saturated rings. The summed E-state index contributed by atoms with van der Waals surface area (Å²) in [4.78, 5) is 29.7. The van der Waals surface area contributed by atoms with Crippen LogP contribution >= 0.6 is 15.9 Å². The third-order valence-corrected chi connectivity index (χ3v) is 20.4. The summed E-state index contributed by atoms with van der Waals surface area (Å²) in [6, 6.07) is 114. The Bertz CT molecular complexity index is 5640. The van der Waals surface area contributed by atoms with E-state index in [0.29, 0.717) is 34.9 Å². The van der Waals surface area contributed by atoms with Crippen LogP contribution in [0.2, 0.25) is 0 Å². The molecule has 14 aromatic carbocycles. The maximum atomic E-state index is 9.07. The van der Waals surface area contributed by atoms with Gasteiger partial charge < -0.3 is 10.5 Å². The Balaban J connectivity index is 0.000000135. The molecule has 0 bridgehead atoms. The largest absolute Gasteiger partial charge is 0.450 e. The summed E-state index contributed by atoms with van der Waals surface area (Å²) in [6.45, 7) is 9.26. The summed E-state index contributed by atoms with van der Waals surface area (Å²) in [6.07, 6.45) is 0. The number of fused-ring (bicyclic) bond motifs is 8. The molecule has 0 saturated heterocycles. The lowest BCUT2D eigenvalue weighted by atomic mass is 9.81. The Kier molecular flexibility index (Phi) is 18.1. The van der Waals surface area contributed by atoms with Crippen molar-refractivity contribution in [1.82, 2.24) is 29.9 Å².